The molecule has 1 aromatic rings. The lowest BCUT2D eigenvalue weighted by Crippen LogP contribution is -2.46. The molecule has 0 amide bonds. The van der Waals surface area contributed by atoms with E-state index in [4.69, 9.17) is 15.9 Å². The van der Waals surface area contributed by atoms with E-state index in [-0.39, 0.29) is 30.8 Å². The predicted octanol–water partition coefficient (Wildman–Crippen LogP) is -0.869. The number of anilines is 1. The molecule has 1 aliphatic carbocycles. The van der Waals surface area contributed by atoms with E-state index < -0.39 is 5.41 Å². The smallest absolute Gasteiger partial charge is 0.349 e. The van der Waals surface area contributed by atoms with E-state index in [1.165, 1.54) is 4.57 Å². The maximum atomic E-state index is 11.5. The van der Waals surface area contributed by atoms with Crippen LogP contribution in [0.5, 0.6) is 0 Å². The van der Waals surface area contributed by atoms with Crippen molar-refractivity contribution in [2.45, 2.75) is 18.9 Å². The molecule has 1 saturated carbocycles. The molecule has 6 heteroatoms. The fourth-order valence-electron chi connectivity index (χ4n) is 2.15. The average Bonchev–Trinajstić information content (AvgIpc) is 2.20. The fraction of sp³-hybridized carbons (Fsp3) is 0.600. The van der Waals surface area contributed by atoms with Crippen molar-refractivity contribution in [3.05, 3.63) is 22.7 Å². The van der Waals surface area contributed by atoms with Crippen LogP contribution in [0.3, 0.4) is 0 Å². The molecule has 16 heavy (non-hydrogen) atoms. The first-order chi connectivity index (χ1) is 7.60. The summed E-state index contributed by atoms with van der Waals surface area (Å²) in [5.74, 6) is 0.205. The van der Waals surface area contributed by atoms with Crippen LogP contribution in [0.4, 0.5) is 5.82 Å². The number of nitrogen functional groups attached to an aromatic ring is 1. The highest BCUT2D eigenvalue weighted by atomic mass is 16.3. The molecule has 0 unspecified atom stereocenters. The molecule has 0 aromatic carbocycles. The van der Waals surface area contributed by atoms with Crippen molar-refractivity contribution in [1.82, 2.24) is 9.55 Å². The first-order valence-corrected chi connectivity index (χ1v) is 5.17. The molecule has 0 bridgehead atoms. The third-order valence-corrected chi connectivity index (χ3v) is 3.25. The Bertz CT molecular complexity index is 431. The van der Waals surface area contributed by atoms with Gasteiger partial charge in [-0.05, 0) is 18.9 Å². The van der Waals surface area contributed by atoms with Crippen LogP contribution in [0.25, 0.3) is 0 Å². The van der Waals surface area contributed by atoms with Gasteiger partial charge in [0.25, 0.3) is 0 Å². The number of rotatable bonds is 3. The van der Waals surface area contributed by atoms with E-state index in [1.54, 1.807) is 12.3 Å². The van der Waals surface area contributed by atoms with E-state index in [1.807, 2.05) is 0 Å². The van der Waals surface area contributed by atoms with Gasteiger partial charge in [0.05, 0.1) is 13.2 Å². The summed E-state index contributed by atoms with van der Waals surface area (Å²) in [6.07, 6.45) is 2.78. The summed E-state index contributed by atoms with van der Waals surface area (Å²) >= 11 is 0. The zero-order valence-corrected chi connectivity index (χ0v) is 8.83. The maximum Gasteiger partial charge on any atom is 0.349 e. The van der Waals surface area contributed by atoms with Crippen molar-refractivity contribution in [3.8, 4) is 0 Å². The molecular formula is C10H15N3O3. The van der Waals surface area contributed by atoms with Crippen LogP contribution in [-0.2, 0) is 0 Å². The fourth-order valence-corrected chi connectivity index (χ4v) is 2.15. The van der Waals surface area contributed by atoms with Crippen LogP contribution in [0.1, 0.15) is 18.9 Å². The van der Waals surface area contributed by atoms with Crippen LogP contribution in [0, 0.1) is 5.41 Å². The molecule has 0 saturated heterocycles. The molecule has 0 aliphatic heterocycles. The largest absolute Gasteiger partial charge is 0.396 e. The molecule has 1 fully saturated rings. The number of aromatic nitrogens is 2. The number of nitrogens with two attached hydrogens (primary N) is 1. The summed E-state index contributed by atoms with van der Waals surface area (Å²) in [4.78, 5) is 15.1. The second-order valence-corrected chi connectivity index (χ2v) is 4.42. The van der Waals surface area contributed by atoms with E-state index in [0.717, 1.165) is 0 Å². The number of aliphatic hydroxyl groups is 2. The summed E-state index contributed by atoms with van der Waals surface area (Å²) in [5, 5.41) is 18.3. The van der Waals surface area contributed by atoms with Gasteiger partial charge >= 0.3 is 5.69 Å². The minimum Gasteiger partial charge on any atom is -0.396 e. The Hall–Kier alpha value is -1.40. The molecule has 2 rings (SSSR count). The Labute approximate surface area is 92.4 Å². The van der Waals surface area contributed by atoms with Crippen molar-refractivity contribution >= 4 is 5.82 Å². The van der Waals surface area contributed by atoms with Crippen molar-refractivity contribution in [1.29, 1.82) is 0 Å². The summed E-state index contributed by atoms with van der Waals surface area (Å²) in [6.45, 7) is -0.117. The third kappa shape index (κ3) is 1.70. The summed E-state index contributed by atoms with van der Waals surface area (Å²) < 4.78 is 1.50. The predicted molar refractivity (Wildman–Crippen MR) is 57.8 cm³/mol. The van der Waals surface area contributed by atoms with Gasteiger partial charge in [-0.2, -0.15) is 4.98 Å². The van der Waals surface area contributed by atoms with Crippen molar-refractivity contribution < 1.29 is 10.2 Å². The lowest BCUT2D eigenvalue weighted by atomic mass is 9.66. The summed E-state index contributed by atoms with van der Waals surface area (Å²) in [5.41, 5.74) is 4.57. The maximum absolute atomic E-state index is 11.5. The minimum absolute atomic E-state index is 0.0000926. The molecular weight excluding hydrogens is 210 g/mol. The van der Waals surface area contributed by atoms with Gasteiger partial charge in [0.15, 0.2) is 0 Å². The van der Waals surface area contributed by atoms with E-state index in [9.17, 15) is 4.79 Å². The Balaban J connectivity index is 2.15. The van der Waals surface area contributed by atoms with E-state index in [2.05, 4.69) is 4.98 Å². The highest BCUT2D eigenvalue weighted by Gasteiger charge is 2.44. The molecule has 1 heterocycles. The molecule has 6 nitrogen and oxygen atoms in total. The van der Waals surface area contributed by atoms with Gasteiger partial charge in [-0.1, -0.05) is 0 Å². The lowest BCUT2D eigenvalue weighted by Gasteiger charge is -2.45. The molecule has 0 radical (unpaired) electrons. The summed E-state index contributed by atoms with van der Waals surface area (Å²) in [6, 6.07) is 1.57. The van der Waals surface area contributed by atoms with Gasteiger partial charge in [0.1, 0.15) is 5.82 Å². The van der Waals surface area contributed by atoms with Crippen molar-refractivity contribution in [2.24, 2.45) is 5.41 Å². The molecule has 0 atom stereocenters. The lowest BCUT2D eigenvalue weighted by molar-refractivity contribution is -0.0442. The molecule has 1 aromatic heterocycles. The number of hydrogen-bond donors (Lipinski definition) is 3. The normalized spacial score (nSPS) is 19.4. The Kier molecular flexibility index (Phi) is 2.69. The van der Waals surface area contributed by atoms with Crippen LogP contribution < -0.4 is 11.4 Å². The van der Waals surface area contributed by atoms with Crippen molar-refractivity contribution in [3.63, 3.8) is 0 Å². The molecule has 0 spiro atoms. The van der Waals surface area contributed by atoms with Gasteiger partial charge in [-0.25, -0.2) is 4.79 Å². The third-order valence-electron chi connectivity index (χ3n) is 3.25. The van der Waals surface area contributed by atoms with E-state index in [0.29, 0.717) is 12.8 Å². The highest BCUT2D eigenvalue weighted by molar-refractivity contribution is 5.23. The Morgan fingerprint density at radius 2 is 2.12 bits per heavy atom. The average molecular weight is 225 g/mol. The topological polar surface area (TPSA) is 101 Å². The highest BCUT2D eigenvalue weighted by Crippen LogP contribution is 2.47. The van der Waals surface area contributed by atoms with Crippen LogP contribution >= 0.6 is 0 Å². The standard InChI is InChI=1S/C10H15N3O3/c11-8-1-2-13(9(16)12-8)7-3-10(4-7,5-14)6-15/h1-2,7,14-15H,3-6H2,(H2,11,12,16). The van der Waals surface area contributed by atoms with Gasteiger partial charge in [-0.15, -0.1) is 0 Å². The van der Waals surface area contributed by atoms with Gasteiger partial charge in [-0.3, -0.25) is 4.57 Å². The SMILES string of the molecule is Nc1ccn(C2CC(CO)(CO)C2)c(=O)n1. The number of nitrogens with zero attached hydrogens (tertiary/aromatic N) is 2. The second kappa shape index (κ2) is 3.88. The van der Waals surface area contributed by atoms with Gasteiger partial charge in [0.2, 0.25) is 0 Å². The second-order valence-electron chi connectivity index (χ2n) is 4.42. The van der Waals surface area contributed by atoms with Crippen LogP contribution in [-0.4, -0.2) is 33.0 Å². The zero-order valence-electron chi connectivity index (χ0n) is 8.83. The van der Waals surface area contributed by atoms with Gasteiger partial charge in [0, 0.05) is 17.7 Å². The number of aliphatic hydroxyl groups excluding tert-OH is 2. The quantitative estimate of drug-likeness (QED) is 0.620. The number of hydrogen-bond acceptors (Lipinski definition) is 5. The first kappa shape index (κ1) is 11.1. The van der Waals surface area contributed by atoms with Crippen molar-refractivity contribution in [2.75, 3.05) is 18.9 Å². The Morgan fingerprint density at radius 3 is 2.62 bits per heavy atom. The zero-order chi connectivity index (χ0) is 11.8. The minimum atomic E-state index is -0.439. The van der Waals surface area contributed by atoms with E-state index >= 15 is 0 Å². The molecule has 1 aliphatic rings. The molecule has 88 valence electrons. The first-order valence-electron chi connectivity index (χ1n) is 5.17. The summed E-state index contributed by atoms with van der Waals surface area (Å²) in [7, 11) is 0. The van der Waals surface area contributed by atoms with Crippen LogP contribution in [0.15, 0.2) is 17.1 Å². The van der Waals surface area contributed by atoms with Gasteiger partial charge < -0.3 is 15.9 Å². The monoisotopic (exact) mass is 225 g/mol. The molecule has 4 N–H and O–H groups in total. The van der Waals surface area contributed by atoms with Crippen LogP contribution in [0.2, 0.25) is 0 Å². The Morgan fingerprint density at radius 1 is 1.50 bits per heavy atom.